The molecule has 110 valence electrons. The number of benzene rings is 1. The molecule has 1 aromatic rings. The molecule has 1 rings (SSSR count). The fourth-order valence-corrected chi connectivity index (χ4v) is 1.85. The second-order valence-electron chi connectivity index (χ2n) is 4.68. The van der Waals surface area contributed by atoms with Gasteiger partial charge in [0.25, 0.3) is 0 Å². The van der Waals surface area contributed by atoms with E-state index in [1.165, 1.54) is 0 Å². The second kappa shape index (κ2) is 9.32. The van der Waals surface area contributed by atoms with Gasteiger partial charge in [0.15, 0.2) is 0 Å². The summed E-state index contributed by atoms with van der Waals surface area (Å²) in [4.78, 5) is 2.03. The van der Waals surface area contributed by atoms with Gasteiger partial charge >= 0.3 is 0 Å². The molecule has 0 spiro atoms. The first kappa shape index (κ1) is 16.4. The van der Waals surface area contributed by atoms with E-state index in [4.69, 9.17) is 14.7 Å². The van der Waals surface area contributed by atoms with Crippen molar-refractivity contribution in [3.05, 3.63) is 29.8 Å². The van der Waals surface area contributed by atoms with Gasteiger partial charge in [-0.25, -0.2) is 0 Å². The zero-order chi connectivity index (χ0) is 14.8. The van der Waals surface area contributed by atoms with Crippen LogP contribution in [0.4, 0.5) is 0 Å². The van der Waals surface area contributed by atoms with Crippen molar-refractivity contribution in [1.82, 2.24) is 4.90 Å². The monoisotopic (exact) mass is 278 g/mol. The standard InChI is InChI=1S/C15H22N2O3/c1-17(8-5-9-19-2)11-14(18)12-20-15-7-4-3-6-13(15)10-16/h3-4,6-7,14,18H,5,8-9,11-12H2,1-2H3. The van der Waals surface area contributed by atoms with Crippen LogP contribution in [0.25, 0.3) is 0 Å². The van der Waals surface area contributed by atoms with E-state index in [1.54, 1.807) is 31.4 Å². The first-order chi connectivity index (χ1) is 9.67. The topological polar surface area (TPSA) is 65.7 Å². The van der Waals surface area contributed by atoms with Crippen LogP contribution in [0.1, 0.15) is 12.0 Å². The molecule has 0 aliphatic carbocycles. The molecule has 0 aliphatic rings. The minimum atomic E-state index is -0.589. The molecule has 1 unspecified atom stereocenters. The molecule has 5 nitrogen and oxygen atoms in total. The molecule has 0 radical (unpaired) electrons. The molecule has 0 fully saturated rings. The average molecular weight is 278 g/mol. The second-order valence-corrected chi connectivity index (χ2v) is 4.68. The molecule has 0 saturated carbocycles. The highest BCUT2D eigenvalue weighted by Gasteiger charge is 2.10. The smallest absolute Gasteiger partial charge is 0.137 e. The minimum Gasteiger partial charge on any atom is -0.489 e. The van der Waals surface area contributed by atoms with Gasteiger partial charge in [-0.1, -0.05) is 12.1 Å². The summed E-state index contributed by atoms with van der Waals surface area (Å²) in [6.45, 7) is 2.28. The summed E-state index contributed by atoms with van der Waals surface area (Å²) in [5, 5.41) is 18.9. The summed E-state index contributed by atoms with van der Waals surface area (Å²) in [6.07, 6.45) is 0.340. The van der Waals surface area contributed by atoms with E-state index in [0.717, 1.165) is 13.0 Å². The highest BCUT2D eigenvalue weighted by atomic mass is 16.5. The van der Waals surface area contributed by atoms with Crippen LogP contribution < -0.4 is 4.74 Å². The molecular formula is C15H22N2O3. The normalized spacial score (nSPS) is 12.2. The molecule has 20 heavy (non-hydrogen) atoms. The maximum Gasteiger partial charge on any atom is 0.137 e. The van der Waals surface area contributed by atoms with E-state index >= 15 is 0 Å². The van der Waals surface area contributed by atoms with Gasteiger partial charge in [-0.3, -0.25) is 0 Å². The number of likely N-dealkylation sites (N-methyl/N-ethyl adjacent to an activating group) is 1. The van der Waals surface area contributed by atoms with Crippen molar-refractivity contribution in [3.8, 4) is 11.8 Å². The predicted octanol–water partition coefficient (Wildman–Crippen LogP) is 1.27. The lowest BCUT2D eigenvalue weighted by atomic mass is 10.2. The van der Waals surface area contributed by atoms with Crippen molar-refractivity contribution >= 4 is 0 Å². The van der Waals surface area contributed by atoms with E-state index in [9.17, 15) is 5.11 Å². The summed E-state index contributed by atoms with van der Waals surface area (Å²) < 4.78 is 10.5. The van der Waals surface area contributed by atoms with Gasteiger partial charge in [-0.05, 0) is 25.6 Å². The van der Waals surface area contributed by atoms with Crippen molar-refractivity contribution in [2.45, 2.75) is 12.5 Å². The highest BCUT2D eigenvalue weighted by Crippen LogP contribution is 2.16. The predicted molar refractivity (Wildman–Crippen MR) is 76.6 cm³/mol. The van der Waals surface area contributed by atoms with Gasteiger partial charge in [0.2, 0.25) is 0 Å². The number of aliphatic hydroxyl groups is 1. The Morgan fingerprint density at radius 1 is 1.40 bits per heavy atom. The van der Waals surface area contributed by atoms with E-state index < -0.39 is 6.10 Å². The first-order valence-corrected chi connectivity index (χ1v) is 6.65. The molecular weight excluding hydrogens is 256 g/mol. The van der Waals surface area contributed by atoms with Crippen LogP contribution in [-0.4, -0.2) is 56.6 Å². The van der Waals surface area contributed by atoms with E-state index in [1.807, 2.05) is 11.9 Å². The Labute approximate surface area is 120 Å². The van der Waals surface area contributed by atoms with Crippen LogP contribution in [0.5, 0.6) is 5.75 Å². The third-order valence-electron chi connectivity index (χ3n) is 2.85. The number of para-hydroxylation sites is 1. The maximum absolute atomic E-state index is 9.92. The molecule has 0 aromatic heterocycles. The van der Waals surface area contributed by atoms with Crippen LogP contribution in [0.3, 0.4) is 0 Å². The fourth-order valence-electron chi connectivity index (χ4n) is 1.85. The lowest BCUT2D eigenvalue weighted by Gasteiger charge is -2.20. The molecule has 1 aromatic carbocycles. The number of hydrogen-bond acceptors (Lipinski definition) is 5. The van der Waals surface area contributed by atoms with Crippen molar-refractivity contribution in [2.75, 3.05) is 40.5 Å². The van der Waals surface area contributed by atoms with Crippen molar-refractivity contribution in [2.24, 2.45) is 0 Å². The molecule has 0 amide bonds. The highest BCUT2D eigenvalue weighted by molar-refractivity contribution is 5.42. The Balaban J connectivity index is 2.32. The van der Waals surface area contributed by atoms with E-state index in [0.29, 0.717) is 24.5 Å². The number of methoxy groups -OCH3 is 1. The first-order valence-electron chi connectivity index (χ1n) is 6.65. The lowest BCUT2D eigenvalue weighted by molar-refractivity contribution is 0.0730. The van der Waals surface area contributed by atoms with Crippen LogP contribution in [0.2, 0.25) is 0 Å². The van der Waals surface area contributed by atoms with Gasteiger partial charge in [0.1, 0.15) is 24.5 Å². The molecule has 1 atom stereocenters. The van der Waals surface area contributed by atoms with Crippen LogP contribution >= 0.6 is 0 Å². The summed E-state index contributed by atoms with van der Waals surface area (Å²) >= 11 is 0. The zero-order valence-corrected chi connectivity index (χ0v) is 12.1. The fraction of sp³-hybridized carbons (Fsp3) is 0.533. The van der Waals surface area contributed by atoms with Crippen molar-refractivity contribution in [1.29, 1.82) is 5.26 Å². The largest absolute Gasteiger partial charge is 0.489 e. The summed E-state index contributed by atoms with van der Waals surface area (Å²) in [5.41, 5.74) is 0.480. The summed E-state index contributed by atoms with van der Waals surface area (Å²) in [7, 11) is 3.62. The Morgan fingerprint density at radius 2 is 2.15 bits per heavy atom. The third-order valence-corrected chi connectivity index (χ3v) is 2.85. The Hall–Kier alpha value is -1.61. The molecule has 0 heterocycles. The maximum atomic E-state index is 9.92. The number of nitriles is 1. The zero-order valence-electron chi connectivity index (χ0n) is 12.1. The molecule has 0 bridgehead atoms. The SMILES string of the molecule is COCCCN(C)CC(O)COc1ccccc1C#N. The van der Waals surface area contributed by atoms with Gasteiger partial charge in [0, 0.05) is 26.8 Å². The van der Waals surface area contributed by atoms with Crippen LogP contribution in [0, 0.1) is 11.3 Å². The van der Waals surface area contributed by atoms with Gasteiger partial charge in [0.05, 0.1) is 5.56 Å². The number of rotatable bonds is 9. The quantitative estimate of drug-likeness (QED) is 0.689. The number of ether oxygens (including phenoxy) is 2. The number of hydrogen-bond donors (Lipinski definition) is 1. The Kier molecular flexibility index (Phi) is 7.66. The van der Waals surface area contributed by atoms with Gasteiger partial charge < -0.3 is 19.5 Å². The van der Waals surface area contributed by atoms with E-state index in [-0.39, 0.29) is 6.61 Å². The van der Waals surface area contributed by atoms with Crippen LogP contribution in [0.15, 0.2) is 24.3 Å². The molecule has 0 aliphatic heterocycles. The molecule has 0 saturated heterocycles. The van der Waals surface area contributed by atoms with E-state index in [2.05, 4.69) is 6.07 Å². The molecule has 1 N–H and O–H groups in total. The van der Waals surface area contributed by atoms with Crippen molar-refractivity contribution < 1.29 is 14.6 Å². The lowest BCUT2D eigenvalue weighted by Crippen LogP contribution is -2.34. The summed E-state index contributed by atoms with van der Waals surface area (Å²) in [6, 6.07) is 9.07. The van der Waals surface area contributed by atoms with Crippen molar-refractivity contribution in [3.63, 3.8) is 0 Å². The molecule has 5 heteroatoms. The van der Waals surface area contributed by atoms with Gasteiger partial charge in [-0.2, -0.15) is 5.26 Å². The average Bonchev–Trinajstić information content (AvgIpc) is 2.45. The number of nitrogens with zero attached hydrogens (tertiary/aromatic N) is 2. The Bertz CT molecular complexity index is 431. The number of aliphatic hydroxyl groups excluding tert-OH is 1. The third kappa shape index (κ3) is 6.02. The Morgan fingerprint density at radius 3 is 2.85 bits per heavy atom. The minimum absolute atomic E-state index is 0.174. The summed E-state index contributed by atoms with van der Waals surface area (Å²) in [5.74, 6) is 0.510. The van der Waals surface area contributed by atoms with Gasteiger partial charge in [-0.15, -0.1) is 0 Å². The van der Waals surface area contributed by atoms with Crippen LogP contribution in [-0.2, 0) is 4.74 Å².